The second-order valence-corrected chi connectivity index (χ2v) is 4.11. The normalized spacial score (nSPS) is 9.78. The maximum absolute atomic E-state index is 10.3. The monoisotopic (exact) mass is 238 g/mol. The van der Waals surface area contributed by atoms with Gasteiger partial charge in [-0.3, -0.25) is 4.79 Å². The van der Waals surface area contributed by atoms with Crippen LogP contribution in [0.2, 0.25) is 0 Å². The van der Waals surface area contributed by atoms with E-state index >= 15 is 0 Å². The minimum absolute atomic E-state index is 0.187. The highest BCUT2D eigenvalue weighted by Gasteiger charge is 1.94. The number of carboxylic acid groups (broad SMARTS) is 1. The smallest absolute Gasteiger partial charge is 0.303 e. The summed E-state index contributed by atoms with van der Waals surface area (Å²) in [6.07, 6.45) is 1.42. The summed E-state index contributed by atoms with van der Waals surface area (Å²) in [4.78, 5) is 10.3. The maximum atomic E-state index is 10.3. The van der Waals surface area contributed by atoms with E-state index in [-0.39, 0.29) is 6.42 Å². The number of unbranched alkanes of at least 4 members (excludes halogenated alkanes) is 1. The molecule has 0 amide bonds. The molecule has 90 valence electrons. The van der Waals surface area contributed by atoms with Crippen molar-refractivity contribution in [3.8, 4) is 11.8 Å². The first kappa shape index (κ1) is 12.2. The van der Waals surface area contributed by atoms with E-state index in [4.69, 9.17) is 5.11 Å². The van der Waals surface area contributed by atoms with Crippen LogP contribution in [0.3, 0.4) is 0 Å². The first-order valence-electron chi connectivity index (χ1n) is 5.95. The molecule has 0 saturated carbocycles. The second kappa shape index (κ2) is 5.88. The van der Waals surface area contributed by atoms with Crippen LogP contribution in [0.15, 0.2) is 42.5 Å². The summed E-state index contributed by atoms with van der Waals surface area (Å²) in [7, 11) is 0. The van der Waals surface area contributed by atoms with Crippen molar-refractivity contribution in [2.24, 2.45) is 0 Å². The molecule has 0 aromatic heterocycles. The van der Waals surface area contributed by atoms with Gasteiger partial charge in [0.2, 0.25) is 0 Å². The molecule has 2 rings (SSSR count). The third-order valence-electron chi connectivity index (χ3n) is 2.67. The SMILES string of the molecule is O=C(O)CCCC#Cc1ccc2ccccc2c1. The lowest BCUT2D eigenvalue weighted by Crippen LogP contribution is -1.92. The molecule has 0 heterocycles. The number of hydrogen-bond acceptors (Lipinski definition) is 1. The van der Waals surface area contributed by atoms with Gasteiger partial charge >= 0.3 is 5.97 Å². The molecule has 0 saturated heterocycles. The lowest BCUT2D eigenvalue weighted by atomic mass is 10.1. The summed E-state index contributed by atoms with van der Waals surface area (Å²) in [6.45, 7) is 0. The van der Waals surface area contributed by atoms with Gasteiger partial charge in [0.1, 0.15) is 0 Å². The van der Waals surface area contributed by atoms with Crippen molar-refractivity contribution >= 4 is 16.7 Å². The quantitative estimate of drug-likeness (QED) is 0.657. The molecule has 18 heavy (non-hydrogen) atoms. The van der Waals surface area contributed by atoms with Crippen molar-refractivity contribution in [1.82, 2.24) is 0 Å². The van der Waals surface area contributed by atoms with Gasteiger partial charge in [-0.1, -0.05) is 42.2 Å². The first-order valence-corrected chi connectivity index (χ1v) is 5.95. The Balaban J connectivity index is 2.03. The van der Waals surface area contributed by atoms with Gasteiger partial charge in [0.05, 0.1) is 0 Å². The minimum atomic E-state index is -0.762. The lowest BCUT2D eigenvalue weighted by Gasteiger charge is -1.97. The van der Waals surface area contributed by atoms with Crippen molar-refractivity contribution in [3.63, 3.8) is 0 Å². The fourth-order valence-corrected chi connectivity index (χ4v) is 1.76. The molecule has 2 nitrogen and oxygen atoms in total. The Morgan fingerprint density at radius 3 is 2.67 bits per heavy atom. The van der Waals surface area contributed by atoms with Gasteiger partial charge in [-0.15, -0.1) is 0 Å². The number of carboxylic acids is 1. The van der Waals surface area contributed by atoms with E-state index in [1.54, 1.807) is 0 Å². The van der Waals surface area contributed by atoms with E-state index in [9.17, 15) is 4.79 Å². The molecular formula is C16H14O2. The molecule has 0 aliphatic carbocycles. The molecule has 0 bridgehead atoms. The van der Waals surface area contributed by atoms with Crippen LogP contribution >= 0.6 is 0 Å². The number of rotatable bonds is 3. The molecule has 2 aromatic rings. The molecule has 0 spiro atoms. The Hall–Kier alpha value is -2.27. The molecule has 2 heteroatoms. The van der Waals surface area contributed by atoms with E-state index in [1.165, 1.54) is 10.8 Å². The van der Waals surface area contributed by atoms with Crippen molar-refractivity contribution in [3.05, 3.63) is 48.0 Å². The number of fused-ring (bicyclic) bond motifs is 1. The lowest BCUT2D eigenvalue weighted by molar-refractivity contribution is -0.137. The Labute approximate surface area is 106 Å². The molecule has 0 radical (unpaired) electrons. The van der Waals surface area contributed by atoms with Gasteiger partial charge < -0.3 is 5.11 Å². The van der Waals surface area contributed by atoms with Crippen molar-refractivity contribution in [1.29, 1.82) is 0 Å². The first-order chi connectivity index (χ1) is 8.75. The Morgan fingerprint density at radius 1 is 1.11 bits per heavy atom. The zero-order chi connectivity index (χ0) is 12.8. The third-order valence-corrected chi connectivity index (χ3v) is 2.67. The summed E-state index contributed by atoms with van der Waals surface area (Å²) in [5, 5.41) is 10.9. The predicted molar refractivity (Wildman–Crippen MR) is 72.3 cm³/mol. The molecule has 0 unspecified atom stereocenters. The largest absolute Gasteiger partial charge is 0.481 e. The van der Waals surface area contributed by atoms with Gasteiger partial charge in [-0.25, -0.2) is 0 Å². The van der Waals surface area contributed by atoms with Crippen LogP contribution in [0.1, 0.15) is 24.8 Å². The fraction of sp³-hybridized carbons (Fsp3) is 0.188. The van der Waals surface area contributed by atoms with Crippen molar-refractivity contribution in [2.75, 3.05) is 0 Å². The van der Waals surface area contributed by atoms with Gasteiger partial charge in [-0.2, -0.15) is 0 Å². The maximum Gasteiger partial charge on any atom is 0.303 e. The Kier molecular flexibility index (Phi) is 3.98. The third kappa shape index (κ3) is 3.36. The van der Waals surface area contributed by atoms with Crippen molar-refractivity contribution in [2.45, 2.75) is 19.3 Å². The topological polar surface area (TPSA) is 37.3 Å². The Morgan fingerprint density at radius 2 is 1.89 bits per heavy atom. The molecule has 2 aromatic carbocycles. The van der Waals surface area contributed by atoms with Gasteiger partial charge in [-0.05, 0) is 29.3 Å². The van der Waals surface area contributed by atoms with Gasteiger partial charge in [0, 0.05) is 18.4 Å². The zero-order valence-corrected chi connectivity index (χ0v) is 10.0. The van der Waals surface area contributed by atoms with Crippen LogP contribution in [-0.4, -0.2) is 11.1 Å². The van der Waals surface area contributed by atoms with Crippen molar-refractivity contribution < 1.29 is 9.90 Å². The Bertz CT molecular complexity index is 618. The highest BCUT2D eigenvalue weighted by molar-refractivity contribution is 5.83. The molecule has 0 aliphatic heterocycles. The molecule has 0 atom stereocenters. The highest BCUT2D eigenvalue weighted by Crippen LogP contribution is 2.14. The minimum Gasteiger partial charge on any atom is -0.481 e. The van der Waals surface area contributed by atoms with E-state index < -0.39 is 5.97 Å². The van der Waals surface area contributed by atoms with Crippen LogP contribution in [0.5, 0.6) is 0 Å². The average molecular weight is 238 g/mol. The van der Waals surface area contributed by atoms with Crippen LogP contribution in [0, 0.1) is 11.8 Å². The predicted octanol–water partition coefficient (Wildman–Crippen LogP) is 3.45. The van der Waals surface area contributed by atoms with E-state index in [1.807, 2.05) is 18.2 Å². The standard InChI is InChI=1S/C16H14O2/c17-16(18)9-3-1-2-6-13-10-11-14-7-4-5-8-15(14)12-13/h4-5,7-8,10-12H,1,3,9H2,(H,17,18). The highest BCUT2D eigenvalue weighted by atomic mass is 16.4. The second-order valence-electron chi connectivity index (χ2n) is 4.11. The molecular weight excluding hydrogens is 224 g/mol. The van der Waals surface area contributed by atoms with Crippen LogP contribution < -0.4 is 0 Å². The van der Waals surface area contributed by atoms with Crippen LogP contribution in [0.25, 0.3) is 10.8 Å². The van der Waals surface area contributed by atoms with E-state index in [0.29, 0.717) is 12.8 Å². The number of benzene rings is 2. The molecule has 1 N–H and O–H groups in total. The van der Waals surface area contributed by atoms with Gasteiger partial charge in [0.25, 0.3) is 0 Å². The molecule has 0 aliphatic rings. The summed E-state index contributed by atoms with van der Waals surface area (Å²) < 4.78 is 0. The average Bonchev–Trinajstić information content (AvgIpc) is 2.38. The van der Waals surface area contributed by atoms with E-state index in [2.05, 4.69) is 36.1 Å². The summed E-state index contributed by atoms with van der Waals surface area (Å²) in [6, 6.07) is 14.2. The molecule has 0 fully saturated rings. The van der Waals surface area contributed by atoms with E-state index in [0.717, 1.165) is 5.56 Å². The number of carbonyl (C=O) groups is 1. The summed E-state index contributed by atoms with van der Waals surface area (Å²) in [5.74, 6) is 5.31. The number of aliphatic carboxylic acids is 1. The number of hydrogen-bond donors (Lipinski definition) is 1. The fourth-order valence-electron chi connectivity index (χ4n) is 1.76. The summed E-state index contributed by atoms with van der Waals surface area (Å²) in [5.41, 5.74) is 0.976. The zero-order valence-electron chi connectivity index (χ0n) is 10.0. The van der Waals surface area contributed by atoms with Gasteiger partial charge in [0.15, 0.2) is 0 Å². The van der Waals surface area contributed by atoms with Crippen LogP contribution in [-0.2, 0) is 4.79 Å². The summed E-state index contributed by atoms with van der Waals surface area (Å²) >= 11 is 0. The van der Waals surface area contributed by atoms with Crippen LogP contribution in [0.4, 0.5) is 0 Å².